The third-order valence-electron chi connectivity index (χ3n) is 5.12. The molecule has 7 heteroatoms. The number of carbonyl (C=O) groups is 2. The molecule has 1 aliphatic heterocycles. The predicted molar refractivity (Wildman–Crippen MR) is 114 cm³/mol. The van der Waals surface area contributed by atoms with Crippen LogP contribution < -0.4 is 5.32 Å². The van der Waals surface area contributed by atoms with Crippen LogP contribution in [0.1, 0.15) is 44.9 Å². The van der Waals surface area contributed by atoms with E-state index in [9.17, 15) is 14.7 Å². The first-order valence-electron chi connectivity index (χ1n) is 9.32. The van der Waals surface area contributed by atoms with Crippen molar-refractivity contribution in [3.05, 3.63) is 76.5 Å². The molecular weight excluding hydrogens is 386 g/mol. The number of carboxylic acid groups (broad SMARTS) is 1. The molecule has 2 N–H and O–H groups in total. The molecule has 1 amide bonds. The Labute approximate surface area is 172 Å². The van der Waals surface area contributed by atoms with E-state index in [1.807, 2.05) is 57.2 Å². The lowest BCUT2D eigenvalue weighted by molar-refractivity contribution is -0.115. The van der Waals surface area contributed by atoms with Crippen molar-refractivity contribution < 1.29 is 14.7 Å². The number of fused-ring (bicyclic) bond motifs is 1. The zero-order chi connectivity index (χ0) is 20.7. The first-order chi connectivity index (χ1) is 13.9. The van der Waals surface area contributed by atoms with Crippen molar-refractivity contribution >= 4 is 29.5 Å². The Morgan fingerprint density at radius 1 is 1.14 bits per heavy atom. The lowest BCUT2D eigenvalue weighted by Gasteiger charge is -2.17. The Morgan fingerprint density at radius 2 is 1.83 bits per heavy atom. The maximum Gasteiger partial charge on any atom is 0.335 e. The second kappa shape index (κ2) is 7.40. The highest BCUT2D eigenvalue weighted by Crippen LogP contribution is 2.46. The van der Waals surface area contributed by atoms with Crippen molar-refractivity contribution in [2.24, 2.45) is 0 Å². The zero-order valence-corrected chi connectivity index (χ0v) is 17.2. The molecule has 1 aromatic heterocycles. The zero-order valence-electron chi connectivity index (χ0n) is 16.3. The number of nitrogens with zero attached hydrogens (tertiary/aromatic N) is 2. The minimum absolute atomic E-state index is 0.0735. The Balaban J connectivity index is 1.89. The molecule has 0 saturated heterocycles. The van der Waals surface area contributed by atoms with Crippen molar-refractivity contribution in [2.45, 2.75) is 31.3 Å². The smallest absolute Gasteiger partial charge is 0.335 e. The van der Waals surface area contributed by atoms with Crippen LogP contribution in [0.2, 0.25) is 0 Å². The highest BCUT2D eigenvalue weighted by atomic mass is 32.2. The molecule has 29 heavy (non-hydrogen) atoms. The fourth-order valence-corrected chi connectivity index (χ4v) is 4.87. The summed E-state index contributed by atoms with van der Waals surface area (Å²) >= 11 is 1.54. The maximum atomic E-state index is 12.7. The molecule has 1 aliphatic rings. The van der Waals surface area contributed by atoms with E-state index in [0.29, 0.717) is 5.82 Å². The number of rotatable bonds is 3. The van der Waals surface area contributed by atoms with Crippen LogP contribution in [-0.4, -0.2) is 32.0 Å². The standard InChI is InChI=1S/C22H21N3O3S/c1-12-6-4-5-7-17(12)25-20-18(13(2)24-25)19(29-14(3)21(26)23-20)15-8-10-16(11-9-15)22(27)28/h4-11,14,19H,1-3H3,(H,23,26)(H,27,28). The summed E-state index contributed by atoms with van der Waals surface area (Å²) in [5.41, 5.74) is 4.92. The summed E-state index contributed by atoms with van der Waals surface area (Å²) in [7, 11) is 0. The lowest BCUT2D eigenvalue weighted by Crippen LogP contribution is -2.22. The van der Waals surface area contributed by atoms with Crippen molar-refractivity contribution in [3.63, 3.8) is 0 Å². The van der Waals surface area contributed by atoms with Gasteiger partial charge in [-0.2, -0.15) is 5.10 Å². The molecule has 2 heterocycles. The molecule has 0 radical (unpaired) electrons. The number of para-hydroxylation sites is 1. The number of aromatic carboxylic acids is 1. The molecule has 0 spiro atoms. The van der Waals surface area contributed by atoms with Crippen molar-refractivity contribution in [1.82, 2.24) is 9.78 Å². The van der Waals surface area contributed by atoms with Gasteiger partial charge in [-0.25, -0.2) is 9.48 Å². The van der Waals surface area contributed by atoms with Gasteiger partial charge in [0.2, 0.25) is 5.91 Å². The van der Waals surface area contributed by atoms with E-state index in [1.54, 1.807) is 16.8 Å². The second-order valence-electron chi connectivity index (χ2n) is 7.12. The third-order valence-corrected chi connectivity index (χ3v) is 6.53. The number of nitrogens with one attached hydrogen (secondary N) is 1. The highest BCUT2D eigenvalue weighted by molar-refractivity contribution is 8.01. The van der Waals surface area contributed by atoms with E-state index in [0.717, 1.165) is 28.1 Å². The molecule has 148 valence electrons. The first kappa shape index (κ1) is 19.3. The van der Waals surface area contributed by atoms with Crippen LogP contribution >= 0.6 is 11.8 Å². The lowest BCUT2D eigenvalue weighted by atomic mass is 10.0. The molecule has 0 fully saturated rings. The minimum Gasteiger partial charge on any atom is -0.478 e. The number of hydrogen-bond donors (Lipinski definition) is 2. The van der Waals surface area contributed by atoms with Gasteiger partial charge in [0.05, 0.1) is 27.4 Å². The number of hydrogen-bond acceptors (Lipinski definition) is 4. The van der Waals surface area contributed by atoms with E-state index in [-0.39, 0.29) is 22.0 Å². The van der Waals surface area contributed by atoms with Crippen LogP contribution in [0.15, 0.2) is 48.5 Å². The molecule has 0 saturated carbocycles. The fourth-order valence-electron chi connectivity index (χ4n) is 3.55. The number of aromatic nitrogens is 2. The number of amides is 1. The summed E-state index contributed by atoms with van der Waals surface area (Å²) in [5.74, 6) is -0.360. The van der Waals surface area contributed by atoms with E-state index >= 15 is 0 Å². The Hall–Kier alpha value is -3.06. The molecule has 2 aromatic carbocycles. The molecular formula is C22H21N3O3S. The van der Waals surface area contributed by atoms with Crippen molar-refractivity contribution in [1.29, 1.82) is 0 Å². The van der Waals surface area contributed by atoms with Gasteiger partial charge < -0.3 is 10.4 Å². The van der Waals surface area contributed by atoms with Crippen LogP contribution in [0.25, 0.3) is 5.69 Å². The highest BCUT2D eigenvalue weighted by Gasteiger charge is 2.34. The number of thioether (sulfide) groups is 1. The van der Waals surface area contributed by atoms with Gasteiger partial charge in [0, 0.05) is 5.56 Å². The number of benzene rings is 2. The maximum absolute atomic E-state index is 12.7. The largest absolute Gasteiger partial charge is 0.478 e. The SMILES string of the molecule is Cc1ccccc1-n1nc(C)c2c1NC(=O)C(C)SC2c1ccc(C(=O)O)cc1. The Kier molecular flexibility index (Phi) is 4.92. The monoisotopic (exact) mass is 407 g/mol. The van der Waals surface area contributed by atoms with Gasteiger partial charge in [-0.3, -0.25) is 4.79 Å². The van der Waals surface area contributed by atoms with E-state index in [1.165, 1.54) is 11.8 Å². The van der Waals surface area contributed by atoms with Crippen LogP contribution in [0.3, 0.4) is 0 Å². The molecule has 0 aliphatic carbocycles. The van der Waals surface area contributed by atoms with E-state index < -0.39 is 5.97 Å². The summed E-state index contributed by atoms with van der Waals surface area (Å²) in [6, 6.07) is 14.7. The van der Waals surface area contributed by atoms with Gasteiger partial charge in [0.1, 0.15) is 5.82 Å². The van der Waals surface area contributed by atoms with E-state index in [2.05, 4.69) is 5.32 Å². The quantitative estimate of drug-likeness (QED) is 0.674. The van der Waals surface area contributed by atoms with Gasteiger partial charge in [-0.05, 0) is 50.1 Å². The fraction of sp³-hybridized carbons (Fsp3) is 0.227. The summed E-state index contributed by atoms with van der Waals surface area (Å²) < 4.78 is 1.80. The molecule has 2 atom stereocenters. The molecule has 3 aromatic rings. The molecule has 6 nitrogen and oxygen atoms in total. The summed E-state index contributed by atoms with van der Waals surface area (Å²) in [6.07, 6.45) is 0. The molecule has 0 bridgehead atoms. The van der Waals surface area contributed by atoms with Crippen LogP contribution in [0.5, 0.6) is 0 Å². The third kappa shape index (κ3) is 3.42. The molecule has 2 unspecified atom stereocenters. The van der Waals surface area contributed by atoms with Crippen molar-refractivity contribution in [2.75, 3.05) is 5.32 Å². The van der Waals surface area contributed by atoms with Crippen LogP contribution in [-0.2, 0) is 4.79 Å². The van der Waals surface area contributed by atoms with Gasteiger partial charge in [-0.1, -0.05) is 30.3 Å². The van der Waals surface area contributed by atoms with Gasteiger partial charge in [0.15, 0.2) is 0 Å². The Bertz CT molecular complexity index is 1100. The summed E-state index contributed by atoms with van der Waals surface area (Å²) in [5, 5.41) is 16.6. The number of carboxylic acids is 1. The van der Waals surface area contributed by atoms with E-state index in [4.69, 9.17) is 5.10 Å². The number of anilines is 1. The second-order valence-corrected chi connectivity index (χ2v) is 8.57. The normalized spacial score (nSPS) is 18.7. The van der Waals surface area contributed by atoms with Crippen LogP contribution in [0.4, 0.5) is 5.82 Å². The first-order valence-corrected chi connectivity index (χ1v) is 10.3. The van der Waals surface area contributed by atoms with Crippen LogP contribution in [0, 0.1) is 13.8 Å². The average molecular weight is 407 g/mol. The minimum atomic E-state index is -0.959. The summed E-state index contributed by atoms with van der Waals surface area (Å²) in [6.45, 7) is 5.83. The van der Waals surface area contributed by atoms with Gasteiger partial charge in [-0.15, -0.1) is 11.8 Å². The summed E-state index contributed by atoms with van der Waals surface area (Å²) in [4.78, 5) is 23.9. The topological polar surface area (TPSA) is 84.2 Å². The van der Waals surface area contributed by atoms with Crippen molar-refractivity contribution in [3.8, 4) is 5.69 Å². The number of aryl methyl sites for hydroxylation is 2. The predicted octanol–water partition coefficient (Wildman–Crippen LogP) is 4.35. The number of carbonyl (C=O) groups excluding carboxylic acids is 1. The van der Waals surface area contributed by atoms with Gasteiger partial charge in [0.25, 0.3) is 0 Å². The Morgan fingerprint density at radius 3 is 2.48 bits per heavy atom. The average Bonchev–Trinajstić information content (AvgIpc) is 2.94. The van der Waals surface area contributed by atoms with Gasteiger partial charge >= 0.3 is 5.97 Å². The molecule has 4 rings (SSSR count).